The van der Waals surface area contributed by atoms with Crippen LogP contribution in [-0.4, -0.2) is 21.2 Å². The van der Waals surface area contributed by atoms with E-state index in [4.69, 9.17) is 4.98 Å². The molecule has 0 saturated heterocycles. The Labute approximate surface area is 229 Å². The molecule has 7 heteroatoms. The highest BCUT2D eigenvalue weighted by Crippen LogP contribution is 2.35. The predicted molar refractivity (Wildman–Crippen MR) is 157 cm³/mol. The molecule has 2 aromatic heterocycles. The zero-order valence-corrected chi connectivity index (χ0v) is 22.5. The average Bonchev–Trinajstić information content (AvgIpc) is 3.34. The molecule has 0 atom stereocenters. The van der Waals surface area contributed by atoms with Gasteiger partial charge in [0.25, 0.3) is 5.56 Å². The van der Waals surface area contributed by atoms with Crippen LogP contribution in [0.3, 0.4) is 0 Å². The largest absolute Gasteiger partial charge is 0.283 e. The highest BCUT2D eigenvalue weighted by Gasteiger charge is 2.24. The molecule has 3 aromatic carbocycles. The van der Waals surface area contributed by atoms with E-state index in [0.29, 0.717) is 11.7 Å². The smallest absolute Gasteiger partial charge is 0.263 e. The van der Waals surface area contributed by atoms with Crippen molar-refractivity contribution < 1.29 is 4.79 Å². The second kappa shape index (κ2) is 11.0. The Morgan fingerprint density at radius 3 is 2.13 bits per heavy atom. The van der Waals surface area contributed by atoms with E-state index in [1.165, 1.54) is 22.2 Å². The van der Waals surface area contributed by atoms with Crippen LogP contribution < -0.4 is 10.5 Å². The van der Waals surface area contributed by atoms with Gasteiger partial charge in [0.1, 0.15) is 4.83 Å². The van der Waals surface area contributed by atoms with E-state index in [1.54, 1.807) is 20.8 Å². The minimum Gasteiger partial charge on any atom is -0.283 e. The standard InChI is InChI=1S/C31H27N3O2S2/c35-27(34(23-14-6-2-7-15-23)24-16-8-3-9-17-24)21-37-31-32-29-28(25-18-10-11-19-26(25)38-29)30(36)33(31)20-22-12-4-1-5-13-22/h1-9,12-17H,10-11,18-21H2. The molecule has 0 radical (unpaired) electrons. The molecule has 5 aromatic rings. The van der Waals surface area contributed by atoms with Crippen molar-refractivity contribution in [1.82, 2.24) is 9.55 Å². The van der Waals surface area contributed by atoms with Crippen LogP contribution in [-0.2, 0) is 24.2 Å². The highest BCUT2D eigenvalue weighted by atomic mass is 32.2. The van der Waals surface area contributed by atoms with Crippen molar-refractivity contribution in [3.05, 3.63) is 117 Å². The zero-order chi connectivity index (χ0) is 25.9. The Morgan fingerprint density at radius 2 is 1.47 bits per heavy atom. The van der Waals surface area contributed by atoms with Crippen LogP contribution in [0.2, 0.25) is 0 Å². The Hall–Kier alpha value is -3.68. The summed E-state index contributed by atoms with van der Waals surface area (Å²) in [7, 11) is 0. The van der Waals surface area contributed by atoms with Crippen molar-refractivity contribution in [2.75, 3.05) is 10.7 Å². The lowest BCUT2D eigenvalue weighted by atomic mass is 9.97. The van der Waals surface area contributed by atoms with Gasteiger partial charge in [-0.3, -0.25) is 19.1 Å². The molecule has 1 amide bonds. The maximum absolute atomic E-state index is 13.9. The number of aryl methyl sites for hydroxylation is 2. The Morgan fingerprint density at radius 1 is 0.868 bits per heavy atom. The van der Waals surface area contributed by atoms with E-state index < -0.39 is 0 Å². The molecule has 5 nitrogen and oxygen atoms in total. The molecule has 0 saturated carbocycles. The Kier molecular flexibility index (Phi) is 7.12. The van der Waals surface area contributed by atoms with Gasteiger partial charge in [-0.15, -0.1) is 11.3 Å². The molecule has 1 aliphatic carbocycles. The molecule has 190 valence electrons. The van der Waals surface area contributed by atoms with Gasteiger partial charge in [0.15, 0.2) is 5.16 Å². The molecule has 0 spiro atoms. The van der Waals surface area contributed by atoms with Gasteiger partial charge in [-0.25, -0.2) is 4.98 Å². The number of carbonyl (C=O) groups excluding carboxylic acids is 1. The zero-order valence-electron chi connectivity index (χ0n) is 20.9. The second-order valence-corrected chi connectivity index (χ2v) is 11.4. The summed E-state index contributed by atoms with van der Waals surface area (Å²) in [6, 6.07) is 29.3. The first-order chi connectivity index (χ1) is 18.7. The van der Waals surface area contributed by atoms with Gasteiger partial charge in [0, 0.05) is 16.3 Å². The van der Waals surface area contributed by atoms with Crippen molar-refractivity contribution in [3.8, 4) is 0 Å². The van der Waals surface area contributed by atoms with Crippen LogP contribution in [0.4, 0.5) is 11.4 Å². The van der Waals surface area contributed by atoms with Gasteiger partial charge in [-0.1, -0.05) is 78.5 Å². The van der Waals surface area contributed by atoms with Crippen molar-refractivity contribution >= 4 is 50.6 Å². The summed E-state index contributed by atoms with van der Waals surface area (Å²) >= 11 is 2.98. The molecule has 38 heavy (non-hydrogen) atoms. The number of hydrogen-bond donors (Lipinski definition) is 0. The summed E-state index contributed by atoms with van der Waals surface area (Å²) in [5.41, 5.74) is 3.82. The van der Waals surface area contributed by atoms with Crippen LogP contribution in [0.1, 0.15) is 28.8 Å². The van der Waals surface area contributed by atoms with E-state index in [-0.39, 0.29) is 17.2 Å². The van der Waals surface area contributed by atoms with Gasteiger partial charge in [-0.05, 0) is 61.1 Å². The van der Waals surface area contributed by atoms with E-state index >= 15 is 0 Å². The Bertz CT molecular complexity index is 1590. The number of fused-ring (bicyclic) bond motifs is 3. The monoisotopic (exact) mass is 537 g/mol. The lowest BCUT2D eigenvalue weighted by Crippen LogP contribution is -2.29. The van der Waals surface area contributed by atoms with Crippen LogP contribution in [0.5, 0.6) is 0 Å². The number of aromatic nitrogens is 2. The molecular weight excluding hydrogens is 510 g/mol. The molecule has 6 rings (SSSR count). The van der Waals surface area contributed by atoms with Gasteiger partial charge >= 0.3 is 0 Å². The van der Waals surface area contributed by atoms with E-state index in [2.05, 4.69) is 0 Å². The first-order valence-corrected chi connectivity index (χ1v) is 14.6. The van der Waals surface area contributed by atoms with Crippen LogP contribution >= 0.6 is 23.1 Å². The van der Waals surface area contributed by atoms with Gasteiger partial charge < -0.3 is 0 Å². The molecule has 0 bridgehead atoms. The third-order valence-corrected chi connectivity index (χ3v) is 8.97. The summed E-state index contributed by atoms with van der Waals surface area (Å²) in [6.45, 7) is 0.421. The fourth-order valence-electron chi connectivity index (χ4n) is 5.02. The summed E-state index contributed by atoms with van der Waals surface area (Å²) in [4.78, 5) is 36.4. The molecule has 2 heterocycles. The maximum atomic E-state index is 13.9. The normalized spacial score (nSPS) is 12.8. The fourth-order valence-corrected chi connectivity index (χ4v) is 7.17. The first kappa shape index (κ1) is 24.6. The van der Waals surface area contributed by atoms with Crippen molar-refractivity contribution in [2.45, 2.75) is 37.4 Å². The number of amides is 1. The van der Waals surface area contributed by atoms with Crippen molar-refractivity contribution in [2.24, 2.45) is 0 Å². The molecule has 1 aliphatic rings. The number of rotatable bonds is 7. The molecule has 0 fully saturated rings. The maximum Gasteiger partial charge on any atom is 0.263 e. The number of anilines is 2. The number of carbonyl (C=O) groups is 1. The van der Waals surface area contributed by atoms with Crippen LogP contribution in [0.25, 0.3) is 10.2 Å². The van der Waals surface area contributed by atoms with E-state index in [1.807, 2.05) is 91.0 Å². The quantitative estimate of drug-likeness (QED) is 0.168. The summed E-state index contributed by atoms with van der Waals surface area (Å²) in [6.07, 6.45) is 4.21. The molecule has 0 N–H and O–H groups in total. The molecule has 0 unspecified atom stereocenters. The number of thioether (sulfide) groups is 1. The van der Waals surface area contributed by atoms with Gasteiger partial charge in [0.05, 0.1) is 17.7 Å². The minimum atomic E-state index is -0.0709. The van der Waals surface area contributed by atoms with E-state index in [9.17, 15) is 9.59 Å². The fraction of sp³-hybridized carbons (Fsp3) is 0.194. The summed E-state index contributed by atoms with van der Waals surface area (Å²) in [5, 5.41) is 1.35. The molecule has 0 aliphatic heterocycles. The third kappa shape index (κ3) is 4.91. The number of benzene rings is 3. The summed E-state index contributed by atoms with van der Waals surface area (Å²) < 4.78 is 1.76. The topological polar surface area (TPSA) is 55.2 Å². The number of para-hydroxylation sites is 2. The van der Waals surface area contributed by atoms with Gasteiger partial charge in [0.2, 0.25) is 5.91 Å². The van der Waals surface area contributed by atoms with Crippen LogP contribution in [0, 0.1) is 0 Å². The average molecular weight is 538 g/mol. The first-order valence-electron chi connectivity index (χ1n) is 12.8. The predicted octanol–water partition coefficient (Wildman–Crippen LogP) is 6.84. The number of hydrogen-bond acceptors (Lipinski definition) is 5. The highest BCUT2D eigenvalue weighted by molar-refractivity contribution is 7.99. The van der Waals surface area contributed by atoms with E-state index in [0.717, 1.165) is 52.8 Å². The van der Waals surface area contributed by atoms with Crippen molar-refractivity contribution in [1.29, 1.82) is 0 Å². The number of thiophene rings is 1. The van der Waals surface area contributed by atoms with Crippen LogP contribution in [0.15, 0.2) is 101 Å². The summed E-state index contributed by atoms with van der Waals surface area (Å²) in [5.74, 6) is 0.0835. The number of nitrogens with zero attached hydrogens (tertiary/aromatic N) is 3. The van der Waals surface area contributed by atoms with Gasteiger partial charge in [-0.2, -0.15) is 0 Å². The minimum absolute atomic E-state index is 0.00354. The van der Waals surface area contributed by atoms with Crippen molar-refractivity contribution in [3.63, 3.8) is 0 Å². The SMILES string of the molecule is O=C(CSc1nc2sc3c(c2c(=O)n1Cc1ccccc1)CCCC3)N(c1ccccc1)c1ccccc1. The lowest BCUT2D eigenvalue weighted by Gasteiger charge is -2.23. The third-order valence-electron chi connectivity index (χ3n) is 6.83. The Balaban J connectivity index is 1.37. The lowest BCUT2D eigenvalue weighted by molar-refractivity contribution is -0.115. The molecular formula is C31H27N3O2S2. The second-order valence-electron chi connectivity index (χ2n) is 9.35.